The number of nitrogens with two attached hydrogens (primary N) is 1. The van der Waals surface area contributed by atoms with Crippen LogP contribution in [0.1, 0.15) is 26.6 Å². The van der Waals surface area contributed by atoms with Gasteiger partial charge in [-0.25, -0.2) is 4.98 Å². The van der Waals surface area contributed by atoms with Crippen LogP contribution in [0, 0.1) is 6.92 Å². The molecule has 18 heavy (non-hydrogen) atoms. The van der Waals surface area contributed by atoms with Gasteiger partial charge in [0.2, 0.25) is 0 Å². The van der Waals surface area contributed by atoms with E-state index in [-0.39, 0.29) is 5.78 Å². The minimum Gasteiger partial charge on any atom is -0.330 e. The molecule has 0 unspecified atom stereocenters. The van der Waals surface area contributed by atoms with Crippen LogP contribution in [0.4, 0.5) is 0 Å². The molecule has 0 saturated heterocycles. The Kier molecular flexibility index (Phi) is 4.23. The Morgan fingerprint density at radius 3 is 2.83 bits per heavy atom. The predicted molar refractivity (Wildman–Crippen MR) is 74.1 cm³/mol. The van der Waals surface area contributed by atoms with Gasteiger partial charge in [-0.1, -0.05) is 24.3 Å². The van der Waals surface area contributed by atoms with Crippen molar-refractivity contribution in [1.82, 2.24) is 4.98 Å². The van der Waals surface area contributed by atoms with Crippen LogP contribution in [0.5, 0.6) is 0 Å². The van der Waals surface area contributed by atoms with Crippen LogP contribution in [-0.4, -0.2) is 17.3 Å². The Morgan fingerprint density at radius 1 is 1.39 bits per heavy atom. The van der Waals surface area contributed by atoms with Gasteiger partial charge >= 0.3 is 0 Å². The molecule has 0 atom stereocenters. The van der Waals surface area contributed by atoms with E-state index >= 15 is 0 Å². The number of carbonyl (C=O) groups excluding carboxylic acids is 1. The lowest BCUT2D eigenvalue weighted by Gasteiger charge is -2.06. The van der Waals surface area contributed by atoms with Gasteiger partial charge in [-0.3, -0.25) is 4.79 Å². The van der Waals surface area contributed by atoms with E-state index < -0.39 is 0 Å². The topological polar surface area (TPSA) is 56.0 Å². The molecule has 1 aromatic heterocycles. The van der Waals surface area contributed by atoms with Crippen LogP contribution >= 0.6 is 11.3 Å². The van der Waals surface area contributed by atoms with Crippen molar-refractivity contribution >= 4 is 17.1 Å². The first kappa shape index (κ1) is 12.9. The van der Waals surface area contributed by atoms with Gasteiger partial charge < -0.3 is 5.73 Å². The Balaban J connectivity index is 2.18. The van der Waals surface area contributed by atoms with Crippen LogP contribution in [0.3, 0.4) is 0 Å². The first-order valence-corrected chi connectivity index (χ1v) is 6.81. The highest BCUT2D eigenvalue weighted by Gasteiger charge is 2.12. The highest BCUT2D eigenvalue weighted by Crippen LogP contribution is 2.15. The van der Waals surface area contributed by atoms with Crippen molar-refractivity contribution in [1.29, 1.82) is 0 Å². The summed E-state index contributed by atoms with van der Waals surface area (Å²) in [6.45, 7) is 2.49. The van der Waals surface area contributed by atoms with Crippen molar-refractivity contribution in [3.63, 3.8) is 0 Å². The number of carbonyl (C=O) groups is 1. The van der Waals surface area contributed by atoms with Crippen molar-refractivity contribution in [2.24, 2.45) is 5.73 Å². The molecule has 3 nitrogen and oxygen atoms in total. The molecule has 0 radical (unpaired) electrons. The Labute approximate surface area is 111 Å². The lowest BCUT2D eigenvalue weighted by molar-refractivity contribution is 0.0992. The number of hydrogen-bond acceptors (Lipinski definition) is 4. The Hall–Kier alpha value is -1.52. The van der Waals surface area contributed by atoms with Crippen LogP contribution in [0.2, 0.25) is 0 Å². The molecule has 94 valence electrons. The van der Waals surface area contributed by atoms with Gasteiger partial charge in [-0.2, -0.15) is 0 Å². The summed E-state index contributed by atoms with van der Waals surface area (Å²) in [6.07, 6.45) is 1.11. The lowest BCUT2D eigenvalue weighted by atomic mass is 9.99. The minimum atomic E-state index is 0.119. The van der Waals surface area contributed by atoms with E-state index in [1.165, 1.54) is 11.3 Å². The summed E-state index contributed by atoms with van der Waals surface area (Å²) in [6, 6.07) is 7.66. The molecule has 0 saturated carbocycles. The summed E-state index contributed by atoms with van der Waals surface area (Å²) in [5.74, 6) is 0.119. The molecule has 1 aromatic carbocycles. The fraction of sp³-hybridized carbons (Fsp3) is 0.286. The van der Waals surface area contributed by atoms with Crippen molar-refractivity contribution in [2.75, 3.05) is 6.54 Å². The molecule has 0 aliphatic heterocycles. The van der Waals surface area contributed by atoms with Gasteiger partial charge in [0.05, 0.1) is 6.42 Å². The summed E-state index contributed by atoms with van der Waals surface area (Å²) < 4.78 is 0. The van der Waals surface area contributed by atoms with Crippen molar-refractivity contribution in [2.45, 2.75) is 19.8 Å². The first-order valence-electron chi connectivity index (χ1n) is 5.93. The van der Waals surface area contributed by atoms with Gasteiger partial charge in [0.25, 0.3) is 0 Å². The number of aryl methyl sites for hydroxylation is 1. The van der Waals surface area contributed by atoms with Gasteiger partial charge in [0.1, 0.15) is 5.01 Å². The standard InChI is InChI=1S/C14H16N2OS/c1-10-9-18-14(16-10)8-13(17)12-5-3-2-4-11(12)6-7-15/h2-5,9H,6-8,15H2,1H3. The Bertz CT molecular complexity index is 548. The quantitative estimate of drug-likeness (QED) is 0.840. The zero-order chi connectivity index (χ0) is 13.0. The molecule has 0 amide bonds. The second kappa shape index (κ2) is 5.89. The molecular weight excluding hydrogens is 244 g/mol. The van der Waals surface area contributed by atoms with Gasteiger partial charge in [0.15, 0.2) is 5.78 Å². The highest BCUT2D eigenvalue weighted by molar-refractivity contribution is 7.09. The molecule has 1 heterocycles. The third-order valence-electron chi connectivity index (χ3n) is 2.71. The summed E-state index contributed by atoms with van der Waals surface area (Å²) in [5.41, 5.74) is 8.33. The van der Waals surface area contributed by atoms with Crippen LogP contribution in [0.25, 0.3) is 0 Å². The summed E-state index contributed by atoms with van der Waals surface area (Å²) in [7, 11) is 0. The molecule has 0 spiro atoms. The van der Waals surface area contributed by atoms with Crippen molar-refractivity contribution < 1.29 is 4.79 Å². The lowest BCUT2D eigenvalue weighted by Crippen LogP contribution is -2.10. The number of ketones is 1. The zero-order valence-corrected chi connectivity index (χ0v) is 11.2. The van der Waals surface area contributed by atoms with E-state index in [0.717, 1.165) is 28.2 Å². The summed E-state index contributed by atoms with van der Waals surface area (Å²) >= 11 is 1.54. The molecule has 2 N–H and O–H groups in total. The number of hydrogen-bond donors (Lipinski definition) is 1. The predicted octanol–water partition coefficient (Wildman–Crippen LogP) is 2.38. The maximum atomic E-state index is 12.2. The first-order chi connectivity index (χ1) is 8.70. The van der Waals surface area contributed by atoms with E-state index in [4.69, 9.17) is 5.73 Å². The molecule has 2 aromatic rings. The smallest absolute Gasteiger partial charge is 0.169 e. The minimum absolute atomic E-state index is 0.119. The number of Topliss-reactive ketones (excluding diaryl/α,β-unsaturated/α-hetero) is 1. The van der Waals surface area contributed by atoms with Gasteiger partial charge in [-0.15, -0.1) is 11.3 Å². The van der Waals surface area contributed by atoms with E-state index in [1.807, 2.05) is 36.6 Å². The summed E-state index contributed by atoms with van der Waals surface area (Å²) in [5, 5.41) is 2.84. The maximum Gasteiger partial charge on any atom is 0.169 e. The molecule has 2 rings (SSSR count). The Morgan fingerprint density at radius 2 is 2.17 bits per heavy atom. The second-order valence-corrected chi connectivity index (χ2v) is 5.12. The van der Waals surface area contributed by atoms with Crippen molar-refractivity contribution in [3.05, 3.63) is 51.5 Å². The monoisotopic (exact) mass is 260 g/mol. The molecule has 4 heteroatoms. The average molecular weight is 260 g/mol. The normalized spacial score (nSPS) is 10.6. The number of thiazole rings is 1. The summed E-state index contributed by atoms with van der Waals surface area (Å²) in [4.78, 5) is 16.6. The van der Waals surface area contributed by atoms with Crippen LogP contribution in [-0.2, 0) is 12.8 Å². The van der Waals surface area contributed by atoms with Crippen LogP contribution in [0.15, 0.2) is 29.6 Å². The number of rotatable bonds is 5. The second-order valence-electron chi connectivity index (χ2n) is 4.18. The molecule has 0 bridgehead atoms. The molecule has 0 fully saturated rings. The third kappa shape index (κ3) is 3.03. The van der Waals surface area contributed by atoms with E-state index in [9.17, 15) is 4.79 Å². The van der Waals surface area contributed by atoms with Crippen LogP contribution < -0.4 is 5.73 Å². The fourth-order valence-corrected chi connectivity index (χ4v) is 2.65. The third-order valence-corrected chi connectivity index (χ3v) is 3.68. The molecule has 0 aliphatic rings. The molecular formula is C14H16N2OS. The number of benzene rings is 1. The SMILES string of the molecule is Cc1csc(CC(=O)c2ccccc2CCN)n1. The van der Waals surface area contributed by atoms with E-state index in [0.29, 0.717) is 13.0 Å². The van der Waals surface area contributed by atoms with Gasteiger partial charge in [-0.05, 0) is 25.5 Å². The zero-order valence-electron chi connectivity index (χ0n) is 10.3. The van der Waals surface area contributed by atoms with Gasteiger partial charge in [0, 0.05) is 16.6 Å². The largest absolute Gasteiger partial charge is 0.330 e. The highest BCUT2D eigenvalue weighted by atomic mass is 32.1. The molecule has 0 aliphatic carbocycles. The number of nitrogens with zero attached hydrogens (tertiary/aromatic N) is 1. The fourth-order valence-electron chi connectivity index (χ4n) is 1.88. The van der Waals surface area contributed by atoms with E-state index in [1.54, 1.807) is 0 Å². The maximum absolute atomic E-state index is 12.2. The average Bonchev–Trinajstić information content (AvgIpc) is 2.76. The number of aromatic nitrogens is 1. The van der Waals surface area contributed by atoms with Crippen molar-refractivity contribution in [3.8, 4) is 0 Å². The van der Waals surface area contributed by atoms with E-state index in [2.05, 4.69) is 4.98 Å².